The number of alkyl halides is 1. The Morgan fingerprint density at radius 1 is 0.882 bits per heavy atom. The van der Waals surface area contributed by atoms with Gasteiger partial charge in [0.1, 0.15) is 0 Å². The summed E-state index contributed by atoms with van der Waals surface area (Å²) in [7, 11) is 0. The number of hydrogen-bond donors (Lipinski definition) is 0. The van der Waals surface area contributed by atoms with Crippen molar-refractivity contribution in [2.45, 2.75) is 31.3 Å². The van der Waals surface area contributed by atoms with Crippen molar-refractivity contribution in [1.29, 1.82) is 0 Å². The normalized spacial score (nSPS) is 14.9. The Bertz CT molecular complexity index is 564. The van der Waals surface area contributed by atoms with Crippen LogP contribution in [0.3, 0.4) is 0 Å². The van der Waals surface area contributed by atoms with Crippen LogP contribution in [0.25, 0.3) is 0 Å². The molecule has 0 nitrogen and oxygen atoms in total. The predicted molar refractivity (Wildman–Crippen MR) is 78.5 cm³/mol. The number of benzene rings is 2. The second-order valence-corrected chi connectivity index (χ2v) is 7.51. The van der Waals surface area contributed by atoms with Crippen LogP contribution >= 0.6 is 39.5 Å². The molecule has 0 aromatic heterocycles. The van der Waals surface area contributed by atoms with Crippen LogP contribution in [0.15, 0.2) is 62.0 Å². The predicted octanol–water partition coefficient (Wildman–Crippen LogP) is 5.76. The van der Waals surface area contributed by atoms with E-state index in [1.165, 1.54) is 25.1 Å². The summed E-state index contributed by atoms with van der Waals surface area (Å²) in [5, 5.41) is 0. The van der Waals surface area contributed by atoms with Gasteiger partial charge in [0.15, 0.2) is 0 Å². The highest BCUT2D eigenvalue weighted by Gasteiger charge is 2.17. The summed E-state index contributed by atoms with van der Waals surface area (Å²) in [6.07, 6.45) is 0. The quantitative estimate of drug-likeness (QED) is 0.522. The smallest absolute Gasteiger partial charge is 0.0367 e. The Kier molecular flexibility index (Phi) is 3.24. The monoisotopic (exact) mass is 322 g/mol. The zero-order valence-electron chi connectivity index (χ0n) is 9.31. The topological polar surface area (TPSA) is 0 Å². The fourth-order valence-electron chi connectivity index (χ4n) is 1.79. The Morgan fingerprint density at radius 2 is 1.47 bits per heavy atom. The molecule has 2 aromatic rings. The summed E-state index contributed by atoms with van der Waals surface area (Å²) in [5.41, 5.74) is 1.34. The van der Waals surface area contributed by atoms with E-state index in [1.807, 2.05) is 23.5 Å². The average Bonchev–Trinajstić information content (AvgIpc) is 2.35. The zero-order chi connectivity index (χ0) is 11.8. The molecule has 0 N–H and O–H groups in total. The molecule has 1 aliphatic heterocycles. The Labute approximate surface area is 118 Å². The minimum absolute atomic E-state index is 0.413. The summed E-state index contributed by atoms with van der Waals surface area (Å²) in [6.45, 7) is 2.16. The van der Waals surface area contributed by atoms with Gasteiger partial charge < -0.3 is 0 Å². The van der Waals surface area contributed by atoms with Crippen molar-refractivity contribution in [3.8, 4) is 0 Å². The fraction of sp³-hybridized carbons (Fsp3) is 0.143. The molecule has 0 amide bonds. The molecule has 0 spiro atoms. The molecular weight excluding hydrogens is 312 g/mol. The second-order valence-electron chi connectivity index (χ2n) is 3.97. The summed E-state index contributed by atoms with van der Waals surface area (Å²) < 4.78 is 0. The standard InChI is InChI=1S/C14H11BrS2/c1-9(15)10-6-7-13-14(8-10)17-12-5-3-2-4-11(12)16-13/h2-9H,1H3. The van der Waals surface area contributed by atoms with Crippen LogP contribution in [-0.4, -0.2) is 0 Å². The maximum absolute atomic E-state index is 3.63. The van der Waals surface area contributed by atoms with Crippen LogP contribution < -0.4 is 0 Å². The first kappa shape index (κ1) is 11.7. The Morgan fingerprint density at radius 3 is 2.12 bits per heavy atom. The molecule has 1 aliphatic rings. The molecule has 1 unspecified atom stereocenters. The molecule has 3 heteroatoms. The molecule has 3 rings (SSSR count). The maximum Gasteiger partial charge on any atom is 0.0367 e. The molecule has 0 radical (unpaired) electrons. The van der Waals surface area contributed by atoms with Gasteiger partial charge in [0.05, 0.1) is 0 Å². The fourth-order valence-corrected chi connectivity index (χ4v) is 4.34. The van der Waals surface area contributed by atoms with Gasteiger partial charge in [-0.05, 0) is 36.8 Å². The van der Waals surface area contributed by atoms with Gasteiger partial charge in [-0.25, -0.2) is 0 Å². The van der Waals surface area contributed by atoms with Crippen LogP contribution in [-0.2, 0) is 0 Å². The largest absolute Gasteiger partial charge is 0.0877 e. The van der Waals surface area contributed by atoms with E-state index in [0.717, 1.165) is 0 Å². The van der Waals surface area contributed by atoms with E-state index in [9.17, 15) is 0 Å². The number of fused-ring (bicyclic) bond motifs is 2. The Hall–Kier alpha value is -0.380. The lowest BCUT2D eigenvalue weighted by Crippen LogP contribution is -1.91. The van der Waals surface area contributed by atoms with Crippen molar-refractivity contribution in [3.63, 3.8) is 0 Å². The van der Waals surface area contributed by atoms with E-state index in [-0.39, 0.29) is 0 Å². The maximum atomic E-state index is 3.63. The van der Waals surface area contributed by atoms with E-state index >= 15 is 0 Å². The average molecular weight is 323 g/mol. The first-order valence-electron chi connectivity index (χ1n) is 5.47. The zero-order valence-corrected chi connectivity index (χ0v) is 12.5. The molecule has 2 aromatic carbocycles. The van der Waals surface area contributed by atoms with Gasteiger partial charge in [0.2, 0.25) is 0 Å². The van der Waals surface area contributed by atoms with Crippen molar-refractivity contribution < 1.29 is 0 Å². The van der Waals surface area contributed by atoms with Gasteiger partial charge in [0.25, 0.3) is 0 Å². The first-order valence-corrected chi connectivity index (χ1v) is 8.01. The molecule has 0 bridgehead atoms. The van der Waals surface area contributed by atoms with Crippen molar-refractivity contribution in [2.24, 2.45) is 0 Å². The van der Waals surface area contributed by atoms with E-state index < -0.39 is 0 Å². The first-order chi connectivity index (χ1) is 8.24. The molecule has 0 fully saturated rings. The van der Waals surface area contributed by atoms with Gasteiger partial charge in [-0.15, -0.1) is 0 Å². The molecule has 0 saturated heterocycles. The summed E-state index contributed by atoms with van der Waals surface area (Å²) in [6, 6.07) is 15.3. The highest BCUT2D eigenvalue weighted by Crippen LogP contribution is 2.48. The second kappa shape index (κ2) is 4.71. The number of halogens is 1. The SMILES string of the molecule is CC(Br)c1ccc2c(c1)Sc1ccccc1S2. The van der Waals surface area contributed by atoms with Crippen LogP contribution in [0.2, 0.25) is 0 Å². The van der Waals surface area contributed by atoms with Gasteiger partial charge in [0, 0.05) is 24.4 Å². The molecule has 0 aliphatic carbocycles. The molecule has 17 heavy (non-hydrogen) atoms. The third-order valence-corrected chi connectivity index (χ3v) is 5.79. The van der Waals surface area contributed by atoms with Crippen molar-refractivity contribution >= 4 is 39.5 Å². The highest BCUT2D eigenvalue weighted by atomic mass is 79.9. The third-order valence-electron chi connectivity index (χ3n) is 2.72. The summed E-state index contributed by atoms with van der Waals surface area (Å²) in [4.78, 5) is 5.88. The molecular formula is C14H11BrS2. The molecule has 1 atom stereocenters. The van der Waals surface area contributed by atoms with Crippen LogP contribution in [0, 0.1) is 0 Å². The van der Waals surface area contributed by atoms with Crippen LogP contribution in [0.1, 0.15) is 17.3 Å². The third kappa shape index (κ3) is 2.28. The minimum atomic E-state index is 0.413. The number of hydrogen-bond acceptors (Lipinski definition) is 2. The Balaban J connectivity index is 2.03. The van der Waals surface area contributed by atoms with Gasteiger partial charge in [-0.1, -0.05) is 57.7 Å². The van der Waals surface area contributed by atoms with Gasteiger partial charge in [-0.2, -0.15) is 0 Å². The molecule has 86 valence electrons. The lowest BCUT2D eigenvalue weighted by molar-refractivity contribution is 1.07. The van der Waals surface area contributed by atoms with Crippen LogP contribution in [0.4, 0.5) is 0 Å². The molecule has 1 heterocycles. The van der Waals surface area contributed by atoms with E-state index in [4.69, 9.17) is 0 Å². The minimum Gasteiger partial charge on any atom is -0.0877 e. The lowest BCUT2D eigenvalue weighted by Gasteiger charge is -2.19. The van der Waals surface area contributed by atoms with Crippen molar-refractivity contribution in [3.05, 3.63) is 48.0 Å². The lowest BCUT2D eigenvalue weighted by atomic mass is 10.2. The van der Waals surface area contributed by atoms with Gasteiger partial charge in [-0.3, -0.25) is 0 Å². The number of rotatable bonds is 1. The van der Waals surface area contributed by atoms with Gasteiger partial charge >= 0.3 is 0 Å². The summed E-state index contributed by atoms with van der Waals surface area (Å²) in [5.74, 6) is 0. The van der Waals surface area contributed by atoms with Crippen molar-refractivity contribution in [2.75, 3.05) is 0 Å². The molecule has 0 saturated carbocycles. The summed E-state index contributed by atoms with van der Waals surface area (Å²) >= 11 is 7.37. The van der Waals surface area contributed by atoms with Crippen molar-refractivity contribution in [1.82, 2.24) is 0 Å². The highest BCUT2D eigenvalue weighted by molar-refractivity contribution is 9.09. The van der Waals surface area contributed by atoms with E-state index in [1.54, 1.807) is 0 Å². The van der Waals surface area contributed by atoms with E-state index in [2.05, 4.69) is 65.3 Å². The van der Waals surface area contributed by atoms with Crippen LogP contribution in [0.5, 0.6) is 0 Å². The van der Waals surface area contributed by atoms with E-state index in [0.29, 0.717) is 4.83 Å².